The van der Waals surface area contributed by atoms with Gasteiger partial charge in [0.25, 0.3) is 5.91 Å². The zero-order chi connectivity index (χ0) is 22.8. The summed E-state index contributed by atoms with van der Waals surface area (Å²) in [6.45, 7) is 2.46. The number of fused-ring (bicyclic) bond motifs is 1. The molecule has 1 amide bonds. The summed E-state index contributed by atoms with van der Waals surface area (Å²) >= 11 is 0. The minimum absolute atomic E-state index is 0.00980. The fourth-order valence-corrected chi connectivity index (χ4v) is 3.90. The highest BCUT2D eigenvalue weighted by Gasteiger charge is 2.25. The second kappa shape index (κ2) is 8.73. The summed E-state index contributed by atoms with van der Waals surface area (Å²) in [5.41, 5.74) is 2.74. The molecule has 0 radical (unpaired) electrons. The van der Waals surface area contributed by atoms with Crippen LogP contribution in [-0.4, -0.2) is 76.2 Å². The molecule has 1 fully saturated rings. The monoisotopic (exact) mass is 445 g/mol. The van der Waals surface area contributed by atoms with Crippen molar-refractivity contribution in [3.63, 3.8) is 0 Å². The summed E-state index contributed by atoms with van der Waals surface area (Å²) in [5, 5.41) is 8.65. The standard InChI is InChI=1S/C23H23N7O3/c1-32-18-7-3-16(4-8-18)23(31)29-13-11-28(12-14-29)21-20-22(25-15-24-21)30(27-26-20)17-5-9-19(33-2)10-6-17/h3-10,15H,11-14H2,1-2H3. The molecule has 1 saturated heterocycles. The Kier molecular flexibility index (Phi) is 5.47. The van der Waals surface area contributed by atoms with E-state index in [9.17, 15) is 4.79 Å². The minimum Gasteiger partial charge on any atom is -0.497 e. The zero-order valence-corrected chi connectivity index (χ0v) is 18.4. The Hall–Kier alpha value is -4.21. The van der Waals surface area contributed by atoms with Gasteiger partial charge in [-0.05, 0) is 48.5 Å². The Morgan fingerprint density at radius 1 is 0.848 bits per heavy atom. The van der Waals surface area contributed by atoms with Crippen molar-refractivity contribution in [3.8, 4) is 17.2 Å². The van der Waals surface area contributed by atoms with Crippen molar-refractivity contribution in [1.82, 2.24) is 29.9 Å². The van der Waals surface area contributed by atoms with Gasteiger partial charge in [-0.25, -0.2) is 9.97 Å². The summed E-state index contributed by atoms with van der Waals surface area (Å²) in [6.07, 6.45) is 1.52. The minimum atomic E-state index is 0.00980. The summed E-state index contributed by atoms with van der Waals surface area (Å²) < 4.78 is 12.1. The van der Waals surface area contributed by atoms with Crippen LogP contribution in [0.3, 0.4) is 0 Å². The van der Waals surface area contributed by atoms with Crippen LogP contribution >= 0.6 is 0 Å². The summed E-state index contributed by atoms with van der Waals surface area (Å²) in [5.74, 6) is 2.22. The van der Waals surface area contributed by atoms with Gasteiger partial charge in [-0.3, -0.25) is 4.79 Å². The van der Waals surface area contributed by atoms with Crippen LogP contribution in [0.15, 0.2) is 54.9 Å². The van der Waals surface area contributed by atoms with Gasteiger partial charge in [0.15, 0.2) is 17.0 Å². The molecule has 0 saturated carbocycles. The van der Waals surface area contributed by atoms with Crippen molar-refractivity contribution in [2.75, 3.05) is 45.3 Å². The molecule has 10 heteroatoms. The van der Waals surface area contributed by atoms with E-state index < -0.39 is 0 Å². The molecule has 1 aliphatic rings. The van der Waals surface area contributed by atoms with Crippen molar-refractivity contribution in [1.29, 1.82) is 0 Å². The molecule has 0 N–H and O–H groups in total. The molecule has 10 nitrogen and oxygen atoms in total. The lowest BCUT2D eigenvalue weighted by Crippen LogP contribution is -2.49. The van der Waals surface area contributed by atoms with Crippen molar-refractivity contribution in [2.24, 2.45) is 0 Å². The average Bonchev–Trinajstić information content (AvgIpc) is 3.33. The third kappa shape index (κ3) is 3.91. The molecule has 168 valence electrons. The van der Waals surface area contributed by atoms with Gasteiger partial charge in [-0.1, -0.05) is 5.21 Å². The number of aromatic nitrogens is 5. The quantitative estimate of drug-likeness (QED) is 0.461. The highest BCUT2D eigenvalue weighted by Crippen LogP contribution is 2.25. The van der Waals surface area contributed by atoms with Crippen LogP contribution in [0, 0.1) is 0 Å². The molecule has 2 aromatic heterocycles. The number of nitrogens with zero attached hydrogens (tertiary/aromatic N) is 7. The number of hydrogen-bond donors (Lipinski definition) is 0. The molecule has 0 bridgehead atoms. The summed E-state index contributed by atoms with van der Waals surface area (Å²) in [4.78, 5) is 25.7. The van der Waals surface area contributed by atoms with E-state index >= 15 is 0 Å². The predicted molar refractivity (Wildman–Crippen MR) is 122 cm³/mol. The van der Waals surface area contributed by atoms with E-state index in [4.69, 9.17) is 9.47 Å². The molecule has 0 unspecified atom stereocenters. The van der Waals surface area contributed by atoms with Gasteiger partial charge < -0.3 is 19.3 Å². The molecular weight excluding hydrogens is 422 g/mol. The number of amides is 1. The van der Waals surface area contributed by atoms with E-state index in [1.165, 1.54) is 6.33 Å². The third-order valence-corrected chi connectivity index (χ3v) is 5.74. The first-order valence-corrected chi connectivity index (χ1v) is 10.6. The number of hydrogen-bond acceptors (Lipinski definition) is 8. The molecule has 1 aliphatic heterocycles. The highest BCUT2D eigenvalue weighted by atomic mass is 16.5. The smallest absolute Gasteiger partial charge is 0.253 e. The number of benzene rings is 2. The fourth-order valence-electron chi connectivity index (χ4n) is 3.90. The maximum absolute atomic E-state index is 12.9. The van der Waals surface area contributed by atoms with Gasteiger partial charge in [-0.2, -0.15) is 4.68 Å². The number of rotatable bonds is 5. The van der Waals surface area contributed by atoms with Gasteiger partial charge in [0.1, 0.15) is 17.8 Å². The van der Waals surface area contributed by atoms with Gasteiger partial charge in [0, 0.05) is 31.7 Å². The van der Waals surface area contributed by atoms with Crippen LogP contribution in [0.5, 0.6) is 11.5 Å². The Morgan fingerprint density at radius 3 is 2.12 bits per heavy atom. The Balaban J connectivity index is 1.33. The van der Waals surface area contributed by atoms with E-state index in [0.29, 0.717) is 42.9 Å². The molecular formula is C23H23N7O3. The van der Waals surface area contributed by atoms with Crippen LogP contribution in [-0.2, 0) is 0 Å². The van der Waals surface area contributed by atoms with Crippen molar-refractivity contribution in [2.45, 2.75) is 0 Å². The van der Waals surface area contributed by atoms with Crippen LogP contribution < -0.4 is 14.4 Å². The Morgan fingerprint density at radius 2 is 1.48 bits per heavy atom. The Labute approximate surface area is 190 Å². The molecule has 0 aliphatic carbocycles. The first-order valence-electron chi connectivity index (χ1n) is 10.6. The maximum Gasteiger partial charge on any atom is 0.253 e. The van der Waals surface area contributed by atoms with Gasteiger partial charge in [-0.15, -0.1) is 5.10 Å². The van der Waals surface area contributed by atoms with E-state index in [2.05, 4.69) is 25.2 Å². The molecule has 0 spiro atoms. The van der Waals surface area contributed by atoms with Crippen molar-refractivity contribution < 1.29 is 14.3 Å². The molecule has 4 aromatic rings. The van der Waals surface area contributed by atoms with E-state index in [1.807, 2.05) is 29.2 Å². The summed E-state index contributed by atoms with van der Waals surface area (Å²) in [7, 11) is 3.24. The largest absolute Gasteiger partial charge is 0.497 e. The fraction of sp³-hybridized carbons (Fsp3) is 0.261. The lowest BCUT2D eigenvalue weighted by Gasteiger charge is -2.35. The SMILES string of the molecule is COc1ccc(C(=O)N2CCN(c3ncnc4c3nnn4-c3ccc(OC)cc3)CC2)cc1. The molecule has 5 rings (SSSR count). The topological polar surface area (TPSA) is 98.5 Å². The molecule has 33 heavy (non-hydrogen) atoms. The lowest BCUT2D eigenvalue weighted by atomic mass is 10.1. The van der Waals surface area contributed by atoms with E-state index in [0.717, 1.165) is 23.0 Å². The number of carbonyl (C=O) groups is 1. The molecule has 0 atom stereocenters. The molecule has 2 aromatic carbocycles. The third-order valence-electron chi connectivity index (χ3n) is 5.74. The Bertz CT molecular complexity index is 1260. The predicted octanol–water partition coefficient (Wildman–Crippen LogP) is 2.19. The second-order valence-corrected chi connectivity index (χ2v) is 7.58. The number of anilines is 1. The number of ether oxygens (including phenoxy) is 2. The summed E-state index contributed by atoms with van der Waals surface area (Å²) in [6, 6.07) is 14.7. The lowest BCUT2D eigenvalue weighted by molar-refractivity contribution is 0.0746. The van der Waals surface area contributed by atoms with E-state index in [1.54, 1.807) is 43.2 Å². The zero-order valence-electron chi connectivity index (χ0n) is 18.4. The number of piperazine rings is 1. The van der Waals surface area contributed by atoms with Crippen molar-refractivity contribution in [3.05, 3.63) is 60.4 Å². The molecule has 3 heterocycles. The number of carbonyl (C=O) groups excluding carboxylic acids is 1. The van der Waals surface area contributed by atoms with Gasteiger partial charge in [0.2, 0.25) is 0 Å². The van der Waals surface area contributed by atoms with Crippen molar-refractivity contribution >= 4 is 22.9 Å². The van der Waals surface area contributed by atoms with Gasteiger partial charge >= 0.3 is 0 Å². The van der Waals surface area contributed by atoms with Crippen LogP contribution in [0.4, 0.5) is 5.82 Å². The maximum atomic E-state index is 12.9. The van der Waals surface area contributed by atoms with E-state index in [-0.39, 0.29) is 5.91 Å². The first kappa shape index (κ1) is 20.7. The van der Waals surface area contributed by atoms with Gasteiger partial charge in [0.05, 0.1) is 19.9 Å². The highest BCUT2D eigenvalue weighted by molar-refractivity contribution is 5.94. The second-order valence-electron chi connectivity index (χ2n) is 7.58. The van der Waals surface area contributed by atoms with Crippen LogP contribution in [0.25, 0.3) is 16.9 Å². The average molecular weight is 445 g/mol. The normalized spacial score (nSPS) is 13.9. The first-order chi connectivity index (χ1) is 16.2. The van der Waals surface area contributed by atoms with Crippen LogP contribution in [0.2, 0.25) is 0 Å². The number of methoxy groups -OCH3 is 2. The van der Waals surface area contributed by atoms with Crippen LogP contribution in [0.1, 0.15) is 10.4 Å².